The van der Waals surface area contributed by atoms with E-state index in [0.717, 1.165) is 13.0 Å². The molecule has 10 heteroatoms. The second-order valence-electron chi connectivity index (χ2n) is 8.71. The molecular weight excluding hydrogens is 484 g/mol. The number of aryl methyl sites for hydroxylation is 1. The molecule has 2 heterocycles. The van der Waals surface area contributed by atoms with E-state index in [9.17, 15) is 13.2 Å². The third-order valence-corrected chi connectivity index (χ3v) is 9.48. The molecule has 1 aliphatic rings. The van der Waals surface area contributed by atoms with E-state index in [1.54, 1.807) is 50.1 Å². The predicted molar refractivity (Wildman–Crippen MR) is 144 cm³/mol. The monoisotopic (exact) mass is 518 g/mol. The summed E-state index contributed by atoms with van der Waals surface area (Å²) >= 11 is 1.34. The van der Waals surface area contributed by atoms with Crippen molar-refractivity contribution in [1.82, 2.24) is 9.80 Å². The van der Waals surface area contributed by atoms with Crippen molar-refractivity contribution in [1.29, 1.82) is 0 Å². The number of aliphatic imine (C=N–C) groups is 1. The van der Waals surface area contributed by atoms with Crippen molar-refractivity contribution in [2.45, 2.75) is 43.8 Å². The fourth-order valence-corrected chi connectivity index (χ4v) is 7.15. The van der Waals surface area contributed by atoms with Crippen LogP contribution in [0.5, 0.6) is 5.75 Å². The standard InChI is InChI=1S/C25H34N4O4S2/c1-7-12-28(5)13-11-17(2)35(31,32)24-19(4)34-25-23(24)18(3)29(16-26-25)15-22(30)27-20-9-8-10-21(14-20)33-6/h8-10,14,16-17H,3,7,11-13,15H2,1-2,4-6H3,(H,27,30). The Morgan fingerprint density at radius 3 is 2.77 bits per heavy atom. The molecule has 0 radical (unpaired) electrons. The van der Waals surface area contributed by atoms with Crippen LogP contribution in [-0.2, 0) is 14.6 Å². The number of carbonyl (C=O) groups excluding carboxylic acids is 1. The molecule has 3 rings (SSSR count). The van der Waals surface area contributed by atoms with Crippen LogP contribution in [0.15, 0.2) is 40.7 Å². The van der Waals surface area contributed by atoms with E-state index in [1.165, 1.54) is 17.7 Å². The number of methoxy groups -OCH3 is 1. The fourth-order valence-electron chi connectivity index (χ4n) is 3.98. The maximum atomic E-state index is 13.6. The average molecular weight is 519 g/mol. The molecule has 1 aromatic heterocycles. The zero-order chi connectivity index (χ0) is 25.8. The Morgan fingerprint density at radius 2 is 2.09 bits per heavy atom. The van der Waals surface area contributed by atoms with Gasteiger partial charge in [0.05, 0.1) is 29.2 Å². The van der Waals surface area contributed by atoms with Crippen LogP contribution >= 0.6 is 11.3 Å². The molecule has 0 spiro atoms. The molecule has 1 unspecified atom stereocenters. The minimum atomic E-state index is -3.61. The van der Waals surface area contributed by atoms with Crippen LogP contribution in [0.1, 0.15) is 37.1 Å². The number of ether oxygens (including phenoxy) is 1. The first-order valence-electron chi connectivity index (χ1n) is 11.6. The number of benzene rings is 1. The molecule has 0 bridgehead atoms. The van der Waals surface area contributed by atoms with Crippen molar-refractivity contribution in [3.8, 4) is 5.75 Å². The van der Waals surface area contributed by atoms with Crippen LogP contribution in [-0.4, -0.2) is 69.5 Å². The molecule has 8 nitrogen and oxygen atoms in total. The Kier molecular flexibility index (Phi) is 8.74. The molecule has 0 saturated carbocycles. The largest absolute Gasteiger partial charge is 0.497 e. The third-order valence-electron chi connectivity index (χ3n) is 5.96. The number of nitrogens with one attached hydrogen (secondary N) is 1. The zero-order valence-electron chi connectivity index (χ0n) is 21.0. The van der Waals surface area contributed by atoms with Crippen LogP contribution in [0, 0.1) is 6.92 Å². The highest BCUT2D eigenvalue weighted by molar-refractivity contribution is 7.92. The highest BCUT2D eigenvalue weighted by Crippen LogP contribution is 2.45. The van der Waals surface area contributed by atoms with E-state index in [-0.39, 0.29) is 17.3 Å². The van der Waals surface area contributed by atoms with Gasteiger partial charge in [0.2, 0.25) is 5.91 Å². The van der Waals surface area contributed by atoms with E-state index < -0.39 is 15.1 Å². The number of nitrogens with zero attached hydrogens (tertiary/aromatic N) is 3. The minimum absolute atomic E-state index is 0.0509. The number of hydrogen-bond donors (Lipinski definition) is 1. The van der Waals surface area contributed by atoms with Crippen molar-refractivity contribution in [3.63, 3.8) is 0 Å². The minimum Gasteiger partial charge on any atom is -0.497 e. The maximum Gasteiger partial charge on any atom is 0.244 e. The first-order valence-corrected chi connectivity index (χ1v) is 13.9. The smallest absolute Gasteiger partial charge is 0.244 e. The lowest BCUT2D eigenvalue weighted by atomic mass is 10.2. The van der Waals surface area contributed by atoms with Crippen LogP contribution in [0.25, 0.3) is 5.70 Å². The summed E-state index contributed by atoms with van der Waals surface area (Å²) in [6, 6.07) is 7.07. The second-order valence-corrected chi connectivity index (χ2v) is 12.2. The predicted octanol–water partition coefficient (Wildman–Crippen LogP) is 4.54. The highest BCUT2D eigenvalue weighted by Gasteiger charge is 2.35. The van der Waals surface area contributed by atoms with Gasteiger partial charge >= 0.3 is 0 Å². The molecule has 1 amide bonds. The van der Waals surface area contributed by atoms with Gasteiger partial charge in [-0.25, -0.2) is 13.4 Å². The van der Waals surface area contributed by atoms with Crippen LogP contribution < -0.4 is 10.1 Å². The Hall–Kier alpha value is -2.69. The summed E-state index contributed by atoms with van der Waals surface area (Å²) in [5.74, 6) is 0.355. The lowest BCUT2D eigenvalue weighted by Gasteiger charge is -2.26. The van der Waals surface area contributed by atoms with Gasteiger partial charge in [0.15, 0.2) is 9.84 Å². The molecule has 190 valence electrons. The summed E-state index contributed by atoms with van der Waals surface area (Å²) in [4.78, 5) is 21.9. The van der Waals surface area contributed by atoms with E-state index >= 15 is 0 Å². The van der Waals surface area contributed by atoms with Crippen molar-refractivity contribution in [3.05, 3.63) is 41.3 Å². The molecule has 1 aliphatic heterocycles. The van der Waals surface area contributed by atoms with Gasteiger partial charge in [-0.05, 0) is 59.0 Å². The van der Waals surface area contributed by atoms with Gasteiger partial charge in [-0.1, -0.05) is 19.6 Å². The normalized spacial score (nSPS) is 14.2. The molecule has 2 aromatic rings. The maximum absolute atomic E-state index is 13.6. The molecule has 0 fully saturated rings. The van der Waals surface area contributed by atoms with Crippen LogP contribution in [0.3, 0.4) is 0 Å². The van der Waals surface area contributed by atoms with E-state index in [2.05, 4.69) is 28.7 Å². The third kappa shape index (κ3) is 6.12. The number of sulfone groups is 1. The molecule has 1 atom stereocenters. The van der Waals surface area contributed by atoms with E-state index in [0.29, 0.717) is 45.5 Å². The molecule has 0 aliphatic carbocycles. The number of anilines is 1. The Labute approximate surface area is 212 Å². The summed E-state index contributed by atoms with van der Waals surface area (Å²) in [5, 5.41) is 2.88. The summed E-state index contributed by atoms with van der Waals surface area (Å²) < 4.78 is 32.4. The molecule has 1 aromatic carbocycles. The summed E-state index contributed by atoms with van der Waals surface area (Å²) in [7, 11) is -0.0450. The SMILES string of the molecule is C=C1c2c(sc(C)c2S(=O)(=O)C(C)CCN(C)CCC)N=CN1CC(=O)Nc1cccc(OC)c1. The first kappa shape index (κ1) is 26.9. The van der Waals surface area contributed by atoms with Gasteiger partial charge in [-0.15, -0.1) is 11.3 Å². The Balaban J connectivity index is 1.78. The van der Waals surface area contributed by atoms with Crippen molar-refractivity contribution < 1.29 is 17.9 Å². The Morgan fingerprint density at radius 1 is 1.34 bits per heavy atom. The van der Waals surface area contributed by atoms with Gasteiger partial charge in [-0.2, -0.15) is 0 Å². The van der Waals surface area contributed by atoms with E-state index in [1.807, 2.05) is 7.05 Å². The van der Waals surface area contributed by atoms with Gasteiger partial charge in [-0.3, -0.25) is 4.79 Å². The molecule has 0 saturated heterocycles. The van der Waals surface area contributed by atoms with Crippen molar-refractivity contribution >= 4 is 49.8 Å². The number of fused-ring (bicyclic) bond motifs is 1. The van der Waals surface area contributed by atoms with Gasteiger partial charge < -0.3 is 19.9 Å². The summed E-state index contributed by atoms with van der Waals surface area (Å²) in [6.07, 6.45) is 3.09. The fraction of sp³-hybridized carbons (Fsp3) is 0.440. The average Bonchev–Trinajstić information content (AvgIpc) is 3.17. The van der Waals surface area contributed by atoms with Crippen molar-refractivity contribution in [2.24, 2.45) is 4.99 Å². The van der Waals surface area contributed by atoms with Gasteiger partial charge in [0.25, 0.3) is 0 Å². The van der Waals surface area contributed by atoms with Gasteiger partial charge in [0.1, 0.15) is 17.3 Å². The number of thiophene rings is 1. The summed E-state index contributed by atoms with van der Waals surface area (Å²) in [5.41, 5.74) is 1.55. The molecule has 1 N–H and O–H groups in total. The quantitative estimate of drug-likeness (QED) is 0.470. The van der Waals surface area contributed by atoms with E-state index in [4.69, 9.17) is 4.74 Å². The van der Waals surface area contributed by atoms with Crippen molar-refractivity contribution in [2.75, 3.05) is 39.1 Å². The molecule has 35 heavy (non-hydrogen) atoms. The number of amides is 1. The lowest BCUT2D eigenvalue weighted by molar-refractivity contribution is -0.116. The summed E-state index contributed by atoms with van der Waals surface area (Å²) in [6.45, 7) is 11.4. The number of rotatable bonds is 11. The number of hydrogen-bond acceptors (Lipinski definition) is 8. The highest BCUT2D eigenvalue weighted by atomic mass is 32.2. The first-order chi connectivity index (χ1) is 16.6. The zero-order valence-corrected chi connectivity index (χ0v) is 22.6. The Bertz CT molecular complexity index is 1220. The second kappa shape index (κ2) is 11.4. The number of carbonyl (C=O) groups is 1. The topological polar surface area (TPSA) is 91.3 Å². The van der Waals surface area contributed by atoms with Crippen LogP contribution in [0.2, 0.25) is 0 Å². The van der Waals surface area contributed by atoms with Crippen LogP contribution in [0.4, 0.5) is 10.7 Å². The molecular formula is C25H34N4O4S2. The van der Waals surface area contributed by atoms with Gasteiger partial charge in [0, 0.05) is 22.3 Å². The lowest BCUT2D eigenvalue weighted by Crippen LogP contribution is -2.33.